The van der Waals surface area contributed by atoms with Gasteiger partial charge in [0.25, 0.3) is 0 Å². The standard InChI is InChI=1S/C21H19NO/c1-13(2)17-11-8-14(3)19(21(17)23)20-16(12-22)10-9-15-6-4-5-7-18(15)20/h4-11,13,23H,1-3H3. The number of aromatic hydroxyl groups is 1. The number of nitrogens with zero attached hydrogens (tertiary/aromatic N) is 1. The van der Waals surface area contributed by atoms with Crippen molar-refractivity contribution >= 4 is 10.8 Å². The summed E-state index contributed by atoms with van der Waals surface area (Å²) < 4.78 is 0. The molecule has 3 aromatic carbocycles. The zero-order chi connectivity index (χ0) is 16.6. The molecule has 0 aliphatic carbocycles. The minimum absolute atomic E-state index is 0.217. The maximum atomic E-state index is 10.9. The van der Waals surface area contributed by atoms with Crippen LogP contribution in [-0.4, -0.2) is 5.11 Å². The summed E-state index contributed by atoms with van der Waals surface area (Å²) in [7, 11) is 0. The van der Waals surface area contributed by atoms with Crippen LogP contribution in [0, 0.1) is 18.3 Å². The van der Waals surface area contributed by atoms with Gasteiger partial charge in [0.15, 0.2) is 0 Å². The summed E-state index contributed by atoms with van der Waals surface area (Å²) in [5.74, 6) is 0.503. The topological polar surface area (TPSA) is 44.0 Å². The summed E-state index contributed by atoms with van der Waals surface area (Å²) in [5, 5.41) is 22.5. The lowest BCUT2D eigenvalue weighted by Gasteiger charge is -2.17. The zero-order valence-corrected chi connectivity index (χ0v) is 13.6. The van der Waals surface area contributed by atoms with Gasteiger partial charge < -0.3 is 5.11 Å². The van der Waals surface area contributed by atoms with Crippen molar-refractivity contribution in [1.29, 1.82) is 5.26 Å². The second-order valence-electron chi connectivity index (χ2n) is 6.17. The largest absolute Gasteiger partial charge is 0.507 e. The molecular weight excluding hydrogens is 282 g/mol. The van der Waals surface area contributed by atoms with Gasteiger partial charge in [-0.1, -0.05) is 56.3 Å². The number of phenolic OH excluding ortho intramolecular Hbond substituents is 1. The molecule has 0 atom stereocenters. The molecule has 3 aromatic rings. The van der Waals surface area contributed by atoms with Gasteiger partial charge in [-0.05, 0) is 40.8 Å². The van der Waals surface area contributed by atoms with E-state index in [0.29, 0.717) is 5.56 Å². The second kappa shape index (κ2) is 5.78. The molecule has 23 heavy (non-hydrogen) atoms. The van der Waals surface area contributed by atoms with Crippen molar-refractivity contribution in [3.05, 3.63) is 65.2 Å². The Bertz CT molecular complexity index is 932. The number of nitriles is 1. The molecule has 0 aliphatic heterocycles. The third-order valence-corrected chi connectivity index (χ3v) is 4.34. The van der Waals surface area contributed by atoms with Crippen molar-refractivity contribution in [2.45, 2.75) is 26.7 Å². The fraction of sp³-hybridized carbons (Fsp3) is 0.190. The Morgan fingerprint density at radius 1 is 0.957 bits per heavy atom. The Morgan fingerprint density at radius 2 is 1.70 bits per heavy atom. The maximum Gasteiger partial charge on any atom is 0.127 e. The van der Waals surface area contributed by atoms with E-state index in [9.17, 15) is 10.4 Å². The molecule has 0 bridgehead atoms. The summed E-state index contributed by atoms with van der Waals surface area (Å²) in [4.78, 5) is 0. The van der Waals surface area contributed by atoms with Crippen molar-refractivity contribution in [3.63, 3.8) is 0 Å². The molecule has 1 N–H and O–H groups in total. The van der Waals surface area contributed by atoms with Crippen molar-refractivity contribution in [1.82, 2.24) is 0 Å². The lowest BCUT2D eigenvalue weighted by molar-refractivity contribution is 0.466. The highest BCUT2D eigenvalue weighted by Gasteiger charge is 2.19. The average molecular weight is 301 g/mol. The van der Waals surface area contributed by atoms with Crippen molar-refractivity contribution in [2.75, 3.05) is 0 Å². The highest BCUT2D eigenvalue weighted by Crippen LogP contribution is 2.42. The summed E-state index contributed by atoms with van der Waals surface area (Å²) in [5.41, 5.74) is 4.05. The van der Waals surface area contributed by atoms with Gasteiger partial charge in [-0.15, -0.1) is 0 Å². The van der Waals surface area contributed by atoms with Gasteiger partial charge in [0.2, 0.25) is 0 Å². The first kappa shape index (κ1) is 15.1. The van der Waals surface area contributed by atoms with E-state index in [1.807, 2.05) is 55.5 Å². The SMILES string of the molecule is Cc1ccc(C(C)C)c(O)c1-c1c(C#N)ccc2ccccc12. The van der Waals surface area contributed by atoms with E-state index in [2.05, 4.69) is 19.9 Å². The monoisotopic (exact) mass is 301 g/mol. The van der Waals surface area contributed by atoms with Crippen LogP contribution >= 0.6 is 0 Å². The highest BCUT2D eigenvalue weighted by atomic mass is 16.3. The maximum absolute atomic E-state index is 10.9. The predicted molar refractivity (Wildman–Crippen MR) is 94.6 cm³/mol. The third kappa shape index (κ3) is 2.45. The van der Waals surface area contributed by atoms with E-state index in [4.69, 9.17) is 0 Å². The number of benzene rings is 3. The number of hydrogen-bond donors (Lipinski definition) is 1. The first-order chi connectivity index (χ1) is 11.0. The summed E-state index contributed by atoms with van der Waals surface area (Å²) >= 11 is 0. The van der Waals surface area contributed by atoms with E-state index in [1.165, 1.54) is 0 Å². The van der Waals surface area contributed by atoms with Crippen LogP contribution in [0.15, 0.2) is 48.5 Å². The van der Waals surface area contributed by atoms with E-state index < -0.39 is 0 Å². The van der Waals surface area contributed by atoms with Crippen LogP contribution in [0.4, 0.5) is 0 Å². The summed E-state index contributed by atoms with van der Waals surface area (Å²) in [6.45, 7) is 6.09. The Hall–Kier alpha value is -2.79. The van der Waals surface area contributed by atoms with Crippen molar-refractivity contribution < 1.29 is 5.11 Å². The van der Waals surface area contributed by atoms with Crippen LogP contribution < -0.4 is 0 Å². The molecular formula is C21H19NO. The molecule has 0 amide bonds. The summed E-state index contributed by atoms with van der Waals surface area (Å²) in [6.07, 6.45) is 0. The molecule has 0 aliphatic rings. The van der Waals surface area contributed by atoms with E-state index in [1.54, 1.807) is 0 Å². The molecule has 114 valence electrons. The number of aryl methyl sites for hydroxylation is 1. The zero-order valence-electron chi connectivity index (χ0n) is 13.6. The van der Waals surface area contributed by atoms with Gasteiger partial charge in [-0.25, -0.2) is 0 Å². The molecule has 0 unspecified atom stereocenters. The average Bonchev–Trinajstić information content (AvgIpc) is 2.54. The molecule has 0 saturated heterocycles. The van der Waals surface area contributed by atoms with Crippen LogP contribution in [0.25, 0.3) is 21.9 Å². The molecule has 2 heteroatoms. The predicted octanol–water partition coefficient (Wildman–Crippen LogP) is 5.52. The lowest BCUT2D eigenvalue weighted by Crippen LogP contribution is -1.96. The van der Waals surface area contributed by atoms with E-state index in [-0.39, 0.29) is 11.7 Å². The first-order valence-electron chi connectivity index (χ1n) is 7.79. The quantitative estimate of drug-likeness (QED) is 0.677. The van der Waals surface area contributed by atoms with E-state index in [0.717, 1.165) is 33.0 Å². The van der Waals surface area contributed by atoms with Gasteiger partial charge in [-0.3, -0.25) is 0 Å². The van der Waals surface area contributed by atoms with Crippen LogP contribution in [0.3, 0.4) is 0 Å². The Labute approximate surface area is 136 Å². The van der Waals surface area contributed by atoms with Gasteiger partial charge in [-0.2, -0.15) is 5.26 Å². The van der Waals surface area contributed by atoms with Gasteiger partial charge in [0, 0.05) is 11.1 Å². The van der Waals surface area contributed by atoms with Gasteiger partial charge in [0.05, 0.1) is 11.6 Å². The fourth-order valence-electron chi connectivity index (χ4n) is 3.12. The third-order valence-electron chi connectivity index (χ3n) is 4.34. The molecule has 3 rings (SSSR count). The lowest BCUT2D eigenvalue weighted by atomic mass is 9.87. The van der Waals surface area contributed by atoms with Crippen molar-refractivity contribution in [2.24, 2.45) is 0 Å². The summed E-state index contributed by atoms with van der Waals surface area (Å²) in [6, 6.07) is 18.0. The van der Waals surface area contributed by atoms with Gasteiger partial charge >= 0.3 is 0 Å². The van der Waals surface area contributed by atoms with Crippen LogP contribution in [0.1, 0.15) is 36.5 Å². The second-order valence-corrected chi connectivity index (χ2v) is 6.17. The molecule has 0 fully saturated rings. The Balaban J connectivity index is 2.47. The number of rotatable bonds is 2. The normalized spacial score (nSPS) is 10.9. The smallest absolute Gasteiger partial charge is 0.127 e. The van der Waals surface area contributed by atoms with Gasteiger partial charge in [0.1, 0.15) is 5.75 Å². The number of phenols is 1. The van der Waals surface area contributed by atoms with Crippen LogP contribution in [0.5, 0.6) is 5.75 Å². The number of fused-ring (bicyclic) bond motifs is 1. The molecule has 0 heterocycles. The fourth-order valence-corrected chi connectivity index (χ4v) is 3.12. The Morgan fingerprint density at radius 3 is 2.39 bits per heavy atom. The van der Waals surface area contributed by atoms with Crippen molar-refractivity contribution in [3.8, 4) is 22.9 Å². The molecule has 0 saturated carbocycles. The molecule has 0 radical (unpaired) electrons. The first-order valence-corrected chi connectivity index (χ1v) is 7.79. The number of hydrogen-bond acceptors (Lipinski definition) is 2. The van der Waals surface area contributed by atoms with Crippen LogP contribution in [0.2, 0.25) is 0 Å². The molecule has 2 nitrogen and oxygen atoms in total. The Kier molecular flexibility index (Phi) is 3.80. The molecule has 0 aromatic heterocycles. The molecule has 0 spiro atoms. The van der Waals surface area contributed by atoms with Crippen LogP contribution in [-0.2, 0) is 0 Å². The minimum atomic E-state index is 0.217. The highest BCUT2D eigenvalue weighted by molar-refractivity contribution is 6.01. The van der Waals surface area contributed by atoms with E-state index >= 15 is 0 Å². The minimum Gasteiger partial charge on any atom is -0.507 e.